The lowest BCUT2D eigenvalue weighted by molar-refractivity contribution is 0.0977. The van der Waals surface area contributed by atoms with Crippen LogP contribution in [0.3, 0.4) is 0 Å². The van der Waals surface area contributed by atoms with E-state index in [1.807, 2.05) is 6.07 Å². The number of rotatable bonds is 5. The van der Waals surface area contributed by atoms with Crippen LogP contribution in [0.1, 0.15) is 42.5 Å². The molecule has 0 aromatic heterocycles. The summed E-state index contributed by atoms with van der Waals surface area (Å²) in [7, 11) is -1.89. The van der Waals surface area contributed by atoms with Gasteiger partial charge in [0.05, 0.1) is 4.90 Å². The minimum Gasteiger partial charge on any atom is -0.332 e. The smallest absolute Gasteiger partial charge is 0.257 e. The molecule has 9 heteroatoms. The molecule has 0 atom stereocenters. The van der Waals surface area contributed by atoms with Crippen LogP contribution in [-0.2, 0) is 10.0 Å². The molecular formula is C21H24BrN3O3S2. The summed E-state index contributed by atoms with van der Waals surface area (Å²) in [6.45, 7) is 0. The quantitative estimate of drug-likeness (QED) is 0.578. The maximum atomic E-state index is 12.9. The van der Waals surface area contributed by atoms with Gasteiger partial charge >= 0.3 is 0 Å². The Hall–Kier alpha value is -1.81. The molecule has 2 N–H and O–H groups in total. The third-order valence-corrected chi connectivity index (χ3v) is 7.81. The predicted molar refractivity (Wildman–Crippen MR) is 126 cm³/mol. The van der Waals surface area contributed by atoms with Crippen molar-refractivity contribution in [2.45, 2.75) is 43.0 Å². The lowest BCUT2D eigenvalue weighted by atomic mass is 9.96. The standard InChI is InChI=1S/C21H24BrN3O3S2/c1-25(18-8-3-2-4-9-18)30(27,28)19-12-10-17(11-13-19)23-21(29)24-20(26)15-6-5-7-16(22)14-15/h5-7,10-14,18H,2-4,8-9H2,1H3,(H2,23,24,26,29). The minimum atomic E-state index is -3.54. The van der Waals surface area contributed by atoms with Crippen molar-refractivity contribution in [2.24, 2.45) is 0 Å². The average Bonchev–Trinajstić information content (AvgIpc) is 2.74. The molecule has 0 heterocycles. The van der Waals surface area contributed by atoms with E-state index in [1.54, 1.807) is 49.5 Å². The van der Waals surface area contributed by atoms with Crippen LogP contribution in [0.4, 0.5) is 5.69 Å². The van der Waals surface area contributed by atoms with Crippen LogP contribution in [0, 0.1) is 0 Å². The third-order valence-electron chi connectivity index (χ3n) is 5.19. The van der Waals surface area contributed by atoms with Gasteiger partial charge in [0.1, 0.15) is 0 Å². The third kappa shape index (κ3) is 5.66. The molecule has 0 saturated heterocycles. The van der Waals surface area contributed by atoms with E-state index in [-0.39, 0.29) is 22.0 Å². The van der Waals surface area contributed by atoms with Crippen molar-refractivity contribution in [1.29, 1.82) is 0 Å². The summed E-state index contributed by atoms with van der Waals surface area (Å²) in [5, 5.41) is 5.65. The zero-order valence-corrected chi connectivity index (χ0v) is 19.8. The minimum absolute atomic E-state index is 0.0577. The summed E-state index contributed by atoms with van der Waals surface area (Å²) in [5.41, 5.74) is 1.06. The molecule has 0 spiro atoms. The first kappa shape index (κ1) is 22.9. The van der Waals surface area contributed by atoms with E-state index in [4.69, 9.17) is 12.2 Å². The number of hydrogen-bond acceptors (Lipinski definition) is 4. The first-order valence-electron chi connectivity index (χ1n) is 9.73. The summed E-state index contributed by atoms with van der Waals surface area (Å²) >= 11 is 8.52. The molecular weight excluding hydrogens is 486 g/mol. The first-order chi connectivity index (χ1) is 14.3. The van der Waals surface area contributed by atoms with Crippen molar-refractivity contribution >= 4 is 54.9 Å². The normalized spacial score (nSPS) is 15.0. The van der Waals surface area contributed by atoms with E-state index in [0.29, 0.717) is 11.3 Å². The van der Waals surface area contributed by atoms with E-state index in [0.717, 1.165) is 30.2 Å². The van der Waals surface area contributed by atoms with Crippen LogP contribution in [-0.4, -0.2) is 36.8 Å². The van der Waals surface area contributed by atoms with Crippen LogP contribution < -0.4 is 10.6 Å². The zero-order valence-electron chi connectivity index (χ0n) is 16.6. The second kappa shape index (κ2) is 10.00. The van der Waals surface area contributed by atoms with Crippen molar-refractivity contribution in [3.05, 3.63) is 58.6 Å². The van der Waals surface area contributed by atoms with Gasteiger partial charge in [-0.05, 0) is 67.5 Å². The van der Waals surface area contributed by atoms with Crippen molar-refractivity contribution in [3.63, 3.8) is 0 Å². The fourth-order valence-corrected chi connectivity index (χ4v) is 5.51. The number of halogens is 1. The molecule has 0 aliphatic heterocycles. The van der Waals surface area contributed by atoms with Crippen molar-refractivity contribution in [2.75, 3.05) is 12.4 Å². The summed E-state index contributed by atoms with van der Waals surface area (Å²) in [6, 6.07) is 13.4. The average molecular weight is 510 g/mol. The van der Waals surface area contributed by atoms with E-state index in [1.165, 1.54) is 10.7 Å². The van der Waals surface area contributed by atoms with Gasteiger partial charge in [0.15, 0.2) is 5.11 Å². The summed E-state index contributed by atoms with van der Waals surface area (Å²) in [4.78, 5) is 12.5. The molecule has 0 unspecified atom stereocenters. The first-order valence-corrected chi connectivity index (χ1v) is 12.4. The Kier molecular flexibility index (Phi) is 7.62. The number of nitrogens with one attached hydrogen (secondary N) is 2. The molecule has 1 aliphatic carbocycles. The Morgan fingerprint density at radius 1 is 1.10 bits per heavy atom. The van der Waals surface area contributed by atoms with Crippen LogP contribution >= 0.6 is 28.1 Å². The number of thiocarbonyl (C=S) groups is 1. The van der Waals surface area contributed by atoms with Gasteiger partial charge in [-0.1, -0.05) is 41.3 Å². The highest BCUT2D eigenvalue weighted by atomic mass is 79.9. The molecule has 1 fully saturated rings. The lowest BCUT2D eigenvalue weighted by Crippen LogP contribution is -2.38. The number of hydrogen-bond donors (Lipinski definition) is 2. The Morgan fingerprint density at radius 2 is 1.77 bits per heavy atom. The van der Waals surface area contributed by atoms with Crippen LogP contribution in [0.2, 0.25) is 0 Å². The Labute approximate surface area is 191 Å². The van der Waals surface area contributed by atoms with Gasteiger partial charge in [-0.2, -0.15) is 4.31 Å². The van der Waals surface area contributed by atoms with Gasteiger partial charge in [-0.15, -0.1) is 0 Å². The number of amides is 1. The van der Waals surface area contributed by atoms with E-state index >= 15 is 0 Å². The van der Waals surface area contributed by atoms with Crippen molar-refractivity contribution in [1.82, 2.24) is 9.62 Å². The van der Waals surface area contributed by atoms with E-state index < -0.39 is 10.0 Å². The Balaban J connectivity index is 1.62. The molecule has 1 aliphatic rings. The number of benzene rings is 2. The fraction of sp³-hybridized carbons (Fsp3) is 0.333. The molecule has 0 radical (unpaired) electrons. The van der Waals surface area contributed by atoms with Gasteiger partial charge in [-0.3, -0.25) is 10.1 Å². The summed E-state index contributed by atoms with van der Waals surface area (Å²) < 4.78 is 28.1. The van der Waals surface area contributed by atoms with Gasteiger partial charge in [-0.25, -0.2) is 8.42 Å². The molecule has 6 nitrogen and oxygen atoms in total. The van der Waals surface area contributed by atoms with Crippen molar-refractivity contribution in [3.8, 4) is 0 Å². The Morgan fingerprint density at radius 3 is 2.40 bits per heavy atom. The van der Waals surface area contributed by atoms with Gasteiger partial charge < -0.3 is 5.32 Å². The largest absolute Gasteiger partial charge is 0.332 e. The SMILES string of the molecule is CN(C1CCCCC1)S(=O)(=O)c1ccc(NC(=S)NC(=O)c2cccc(Br)c2)cc1. The van der Waals surface area contributed by atoms with E-state index in [9.17, 15) is 13.2 Å². The molecule has 1 amide bonds. The number of anilines is 1. The van der Waals surface area contributed by atoms with Gasteiger partial charge in [0.25, 0.3) is 5.91 Å². The van der Waals surface area contributed by atoms with E-state index in [2.05, 4.69) is 26.6 Å². The number of carbonyl (C=O) groups excluding carboxylic acids is 1. The summed E-state index contributed by atoms with van der Waals surface area (Å²) in [6.07, 6.45) is 5.11. The van der Waals surface area contributed by atoms with Crippen LogP contribution in [0.5, 0.6) is 0 Å². The number of carbonyl (C=O) groups is 1. The second-order valence-electron chi connectivity index (χ2n) is 7.26. The predicted octanol–water partition coefficient (Wildman–Crippen LogP) is 4.53. The molecule has 2 aromatic carbocycles. The topological polar surface area (TPSA) is 78.5 Å². The van der Waals surface area contributed by atoms with Crippen molar-refractivity contribution < 1.29 is 13.2 Å². The van der Waals surface area contributed by atoms with Crippen LogP contribution in [0.15, 0.2) is 57.9 Å². The monoisotopic (exact) mass is 509 g/mol. The highest BCUT2D eigenvalue weighted by Gasteiger charge is 2.28. The number of sulfonamides is 1. The highest BCUT2D eigenvalue weighted by Crippen LogP contribution is 2.27. The maximum absolute atomic E-state index is 12.9. The lowest BCUT2D eigenvalue weighted by Gasteiger charge is -2.30. The molecule has 30 heavy (non-hydrogen) atoms. The van der Waals surface area contributed by atoms with Crippen LogP contribution in [0.25, 0.3) is 0 Å². The maximum Gasteiger partial charge on any atom is 0.257 e. The van der Waals surface area contributed by atoms with Gasteiger partial charge in [0, 0.05) is 28.8 Å². The fourth-order valence-electron chi connectivity index (χ4n) is 3.48. The second-order valence-corrected chi connectivity index (χ2v) is 10.6. The summed E-state index contributed by atoms with van der Waals surface area (Å²) in [5.74, 6) is -0.331. The zero-order chi connectivity index (χ0) is 21.7. The molecule has 1 saturated carbocycles. The Bertz CT molecular complexity index is 1020. The molecule has 3 rings (SSSR count). The van der Waals surface area contributed by atoms with Gasteiger partial charge in [0.2, 0.25) is 10.0 Å². The molecule has 0 bridgehead atoms. The molecule has 2 aromatic rings. The number of nitrogens with zero attached hydrogens (tertiary/aromatic N) is 1. The molecule has 160 valence electrons. The highest BCUT2D eigenvalue weighted by molar-refractivity contribution is 9.10.